The van der Waals surface area contributed by atoms with E-state index in [2.05, 4.69) is 27.4 Å². The normalized spacial score (nSPS) is 17.9. The number of nitrogens with zero attached hydrogens (tertiary/aromatic N) is 1. The Morgan fingerprint density at radius 2 is 1.77 bits per heavy atom. The van der Waals surface area contributed by atoms with Crippen LogP contribution in [0.15, 0.2) is 54.6 Å². The van der Waals surface area contributed by atoms with Crippen LogP contribution in [0.3, 0.4) is 0 Å². The van der Waals surface area contributed by atoms with Gasteiger partial charge in [-0.25, -0.2) is 13.6 Å². The Hall–Kier alpha value is -3.61. The molecule has 3 N–H and O–H groups in total. The van der Waals surface area contributed by atoms with E-state index < -0.39 is 11.6 Å². The van der Waals surface area contributed by atoms with Crippen LogP contribution >= 0.6 is 0 Å². The van der Waals surface area contributed by atoms with E-state index in [0.717, 1.165) is 64.0 Å². The van der Waals surface area contributed by atoms with Crippen molar-refractivity contribution >= 4 is 18.2 Å². The molecule has 1 spiro atoms. The highest BCUT2D eigenvalue weighted by molar-refractivity contribution is 5.86. The lowest BCUT2D eigenvalue weighted by Crippen LogP contribution is -2.47. The highest BCUT2D eigenvalue weighted by Crippen LogP contribution is 2.47. The van der Waals surface area contributed by atoms with Crippen molar-refractivity contribution in [2.75, 3.05) is 39.8 Å². The van der Waals surface area contributed by atoms with Gasteiger partial charge in [0.05, 0.1) is 5.41 Å². The van der Waals surface area contributed by atoms with Crippen LogP contribution in [-0.2, 0) is 14.4 Å². The minimum Gasteiger partial charge on any atom is -0.479 e. The number of piperidine rings is 1. The maximum atomic E-state index is 13.2. The summed E-state index contributed by atoms with van der Waals surface area (Å²) in [6.07, 6.45) is 2.35. The summed E-state index contributed by atoms with van der Waals surface area (Å²) < 4.78 is 25.1. The number of carbonyl (C=O) groups excluding carboxylic acids is 2. The smallest absolute Gasteiger partial charge is 0.340 e. The molecule has 1 amide bonds. The number of carbonyl (C=O) groups is 3. The third kappa shape index (κ3) is 9.57. The van der Waals surface area contributed by atoms with Gasteiger partial charge in [-0.05, 0) is 82.6 Å². The van der Waals surface area contributed by atoms with Crippen molar-refractivity contribution in [3.05, 3.63) is 71.5 Å². The number of rotatable bonds is 5. The molecule has 2 fully saturated rings. The van der Waals surface area contributed by atoms with Gasteiger partial charge in [-0.1, -0.05) is 36.3 Å². The predicted molar refractivity (Wildman–Crippen MR) is 146 cm³/mol. The zero-order valence-electron chi connectivity index (χ0n) is 22.7. The van der Waals surface area contributed by atoms with Crippen molar-refractivity contribution < 1.29 is 28.3 Å². The second-order valence-electron chi connectivity index (χ2n) is 9.95. The second kappa shape index (κ2) is 15.1. The molecule has 39 heavy (non-hydrogen) atoms. The highest BCUT2D eigenvalue weighted by atomic mass is 19.1. The molecule has 0 radical (unpaired) electrons. The third-order valence-electron chi connectivity index (χ3n) is 6.84. The summed E-state index contributed by atoms with van der Waals surface area (Å²) in [7, 11) is 1.96. The number of hydrogen-bond acceptors (Lipinski definition) is 5. The SMILES string of the molecule is CC(C)(F)C(=O)O.CNCCN1CCC2(CC1)C(=O)NCC2c1ccc(F)cc1.O=CC#Cc1ccccc1. The molecule has 2 aliphatic rings. The molecule has 1 atom stereocenters. The van der Waals surface area contributed by atoms with Gasteiger partial charge >= 0.3 is 5.97 Å². The van der Waals surface area contributed by atoms with Gasteiger partial charge in [-0.15, -0.1) is 0 Å². The number of benzene rings is 2. The van der Waals surface area contributed by atoms with Gasteiger partial charge in [0.2, 0.25) is 11.6 Å². The lowest BCUT2D eigenvalue weighted by atomic mass is 9.68. The Labute approximate surface area is 229 Å². The average molecular weight is 542 g/mol. The van der Waals surface area contributed by atoms with Crippen LogP contribution in [0.2, 0.25) is 0 Å². The number of halogens is 2. The number of alkyl halides is 1. The van der Waals surface area contributed by atoms with E-state index in [4.69, 9.17) is 5.11 Å². The van der Waals surface area contributed by atoms with Gasteiger partial charge in [0.15, 0.2) is 6.29 Å². The summed E-state index contributed by atoms with van der Waals surface area (Å²) >= 11 is 0. The number of likely N-dealkylation sites (tertiary alicyclic amines) is 1. The number of nitrogens with one attached hydrogen (secondary N) is 2. The van der Waals surface area contributed by atoms with Crippen molar-refractivity contribution in [2.45, 2.75) is 38.3 Å². The molecule has 2 aliphatic heterocycles. The molecule has 210 valence electrons. The monoisotopic (exact) mass is 541 g/mol. The number of hydrogen-bond donors (Lipinski definition) is 3. The molecule has 0 saturated carbocycles. The van der Waals surface area contributed by atoms with Crippen molar-refractivity contribution in [2.24, 2.45) is 5.41 Å². The van der Waals surface area contributed by atoms with Crippen LogP contribution in [-0.4, -0.2) is 73.6 Å². The fraction of sp³-hybridized carbons (Fsp3) is 0.433. The van der Waals surface area contributed by atoms with Gasteiger partial charge in [0.1, 0.15) is 5.82 Å². The Morgan fingerprint density at radius 1 is 1.18 bits per heavy atom. The van der Waals surface area contributed by atoms with Gasteiger partial charge < -0.3 is 20.6 Å². The Bertz CT molecular complexity index is 1130. The van der Waals surface area contributed by atoms with Crippen molar-refractivity contribution in [1.29, 1.82) is 0 Å². The lowest BCUT2D eigenvalue weighted by molar-refractivity contribution is -0.148. The molecule has 2 aromatic rings. The summed E-state index contributed by atoms with van der Waals surface area (Å²) in [4.78, 5) is 34.4. The van der Waals surface area contributed by atoms with E-state index in [0.29, 0.717) is 12.8 Å². The minimum atomic E-state index is -2.08. The maximum absolute atomic E-state index is 13.2. The summed E-state index contributed by atoms with van der Waals surface area (Å²) in [5, 5.41) is 14.1. The summed E-state index contributed by atoms with van der Waals surface area (Å²) in [6, 6.07) is 16.0. The van der Waals surface area contributed by atoms with E-state index in [1.807, 2.05) is 49.5 Å². The largest absolute Gasteiger partial charge is 0.479 e. The molecule has 0 bridgehead atoms. The minimum absolute atomic E-state index is 0.159. The lowest BCUT2D eigenvalue weighted by Gasteiger charge is -2.41. The standard InChI is InChI=1S/C17H24FN3O.C9H6O.C4H7FO2/c1-19-8-11-21-9-6-17(7-10-21)15(12-20-16(17)22)13-2-4-14(18)5-3-13;10-8-4-7-9-5-2-1-3-6-9;1-4(2,5)3(6)7/h2-5,15,19H,6-12H2,1H3,(H,20,22);1-3,5-6,8H;1-2H3,(H,6,7). The number of carboxylic acid groups (broad SMARTS) is 1. The van der Waals surface area contributed by atoms with Crippen LogP contribution in [0.4, 0.5) is 8.78 Å². The zero-order valence-corrected chi connectivity index (χ0v) is 22.7. The molecule has 4 rings (SSSR count). The Morgan fingerprint density at radius 3 is 2.28 bits per heavy atom. The molecular weight excluding hydrogens is 504 g/mol. The van der Waals surface area contributed by atoms with E-state index in [1.165, 1.54) is 12.1 Å². The first-order valence-electron chi connectivity index (χ1n) is 12.9. The predicted octanol–water partition coefficient (Wildman–Crippen LogP) is 3.40. The third-order valence-corrected chi connectivity index (χ3v) is 6.84. The molecular formula is C30H37F2N3O4. The molecule has 2 saturated heterocycles. The molecule has 0 aliphatic carbocycles. The molecule has 1 unspecified atom stereocenters. The number of carboxylic acids is 1. The highest BCUT2D eigenvalue weighted by Gasteiger charge is 2.51. The van der Waals surface area contributed by atoms with Gasteiger partial charge in [-0.2, -0.15) is 0 Å². The first-order valence-corrected chi connectivity index (χ1v) is 12.9. The first-order chi connectivity index (χ1) is 18.5. The Kier molecular flexibility index (Phi) is 12.2. The zero-order chi connectivity index (χ0) is 28.9. The van der Waals surface area contributed by atoms with Gasteiger partial charge in [0.25, 0.3) is 0 Å². The van der Waals surface area contributed by atoms with Crippen molar-refractivity contribution in [3.8, 4) is 11.8 Å². The van der Waals surface area contributed by atoms with Crippen molar-refractivity contribution in [1.82, 2.24) is 15.5 Å². The molecule has 9 heteroatoms. The summed E-state index contributed by atoms with van der Waals surface area (Å²) in [5.41, 5.74) is -0.452. The molecule has 2 aromatic carbocycles. The van der Waals surface area contributed by atoms with Crippen LogP contribution in [0, 0.1) is 23.1 Å². The van der Waals surface area contributed by atoms with Crippen LogP contribution in [0.25, 0.3) is 0 Å². The Balaban J connectivity index is 0.000000259. The quantitative estimate of drug-likeness (QED) is 0.397. The van der Waals surface area contributed by atoms with Gasteiger partial charge in [0, 0.05) is 31.1 Å². The molecule has 2 heterocycles. The maximum Gasteiger partial charge on any atom is 0.340 e. The van der Waals surface area contributed by atoms with E-state index in [1.54, 1.807) is 0 Å². The van der Waals surface area contributed by atoms with Crippen molar-refractivity contribution in [3.63, 3.8) is 0 Å². The molecule has 0 aromatic heterocycles. The fourth-order valence-corrected chi connectivity index (χ4v) is 4.51. The number of aliphatic carboxylic acids is 1. The van der Waals surface area contributed by atoms with E-state index in [9.17, 15) is 23.2 Å². The fourth-order valence-electron chi connectivity index (χ4n) is 4.51. The van der Waals surface area contributed by atoms with Crippen LogP contribution in [0.5, 0.6) is 0 Å². The number of aldehydes is 1. The first kappa shape index (κ1) is 31.6. The summed E-state index contributed by atoms with van der Waals surface area (Å²) in [5.74, 6) is 3.70. The summed E-state index contributed by atoms with van der Waals surface area (Å²) in [6.45, 7) is 6.56. The van der Waals surface area contributed by atoms with E-state index in [-0.39, 0.29) is 23.1 Å². The average Bonchev–Trinajstić information content (AvgIpc) is 3.23. The van der Waals surface area contributed by atoms with Gasteiger partial charge in [-0.3, -0.25) is 9.59 Å². The van der Waals surface area contributed by atoms with Crippen LogP contribution < -0.4 is 10.6 Å². The molecule has 7 nitrogen and oxygen atoms in total. The topological polar surface area (TPSA) is 98.7 Å². The van der Waals surface area contributed by atoms with E-state index >= 15 is 0 Å². The second-order valence-corrected chi connectivity index (χ2v) is 9.95. The number of likely N-dealkylation sites (N-methyl/N-ethyl adjacent to an activating group) is 1. The number of amides is 1. The van der Waals surface area contributed by atoms with Crippen LogP contribution in [0.1, 0.15) is 43.7 Å².